The van der Waals surface area contributed by atoms with E-state index in [4.69, 9.17) is 10.2 Å². The van der Waals surface area contributed by atoms with Crippen molar-refractivity contribution in [1.29, 1.82) is 0 Å². The second-order valence-corrected chi connectivity index (χ2v) is 5.52. The molecule has 19 heavy (non-hydrogen) atoms. The van der Waals surface area contributed by atoms with Gasteiger partial charge in [0.2, 0.25) is 5.91 Å². The summed E-state index contributed by atoms with van der Waals surface area (Å²) in [6.07, 6.45) is 2.86. The molecule has 0 bridgehead atoms. The molecule has 1 aliphatic rings. The molecule has 4 N–H and O–H groups in total. The van der Waals surface area contributed by atoms with Gasteiger partial charge in [0, 0.05) is 11.5 Å². The highest BCUT2D eigenvalue weighted by Gasteiger charge is 2.33. The summed E-state index contributed by atoms with van der Waals surface area (Å²) in [6, 6.07) is 3.75. The molecule has 5 heteroatoms. The number of amides is 1. The zero-order valence-electron chi connectivity index (χ0n) is 11.3. The molecule has 0 radical (unpaired) electrons. The van der Waals surface area contributed by atoms with Crippen molar-refractivity contribution < 1.29 is 14.3 Å². The van der Waals surface area contributed by atoms with E-state index in [0.717, 1.165) is 24.4 Å². The number of aryl methyl sites for hydroxylation is 1. The number of carbonyl (C=O) groups is 1. The lowest BCUT2D eigenvalue weighted by Crippen LogP contribution is -2.48. The highest BCUT2D eigenvalue weighted by molar-refractivity contribution is 5.78. The number of hydrogen-bond donors (Lipinski definition) is 3. The average Bonchev–Trinajstić information content (AvgIpc) is 2.83. The van der Waals surface area contributed by atoms with Crippen LogP contribution in [0, 0.1) is 12.8 Å². The highest BCUT2D eigenvalue weighted by atomic mass is 16.3. The summed E-state index contributed by atoms with van der Waals surface area (Å²) < 4.78 is 5.40. The van der Waals surface area contributed by atoms with Crippen LogP contribution >= 0.6 is 0 Å². The van der Waals surface area contributed by atoms with Crippen LogP contribution in [0.15, 0.2) is 16.5 Å². The van der Waals surface area contributed by atoms with Crippen LogP contribution in [0.25, 0.3) is 0 Å². The lowest BCUT2D eigenvalue weighted by Gasteiger charge is -2.35. The Bertz CT molecular complexity index is 434. The normalized spacial score (nSPS) is 27.2. The van der Waals surface area contributed by atoms with Gasteiger partial charge in [-0.3, -0.25) is 4.79 Å². The Kier molecular flexibility index (Phi) is 4.27. The zero-order valence-corrected chi connectivity index (χ0v) is 11.3. The topological polar surface area (TPSA) is 88.5 Å². The van der Waals surface area contributed by atoms with Gasteiger partial charge in [0.05, 0.1) is 13.2 Å². The number of nitrogens with one attached hydrogen (secondary N) is 1. The third-order valence-corrected chi connectivity index (χ3v) is 3.90. The van der Waals surface area contributed by atoms with E-state index in [0.29, 0.717) is 19.4 Å². The zero-order chi connectivity index (χ0) is 13.9. The average molecular weight is 266 g/mol. The molecule has 106 valence electrons. The summed E-state index contributed by atoms with van der Waals surface area (Å²) in [5.41, 5.74) is 5.50. The molecule has 1 fully saturated rings. The molecule has 1 amide bonds. The number of carbonyl (C=O) groups excluding carboxylic acids is 1. The van der Waals surface area contributed by atoms with Crippen LogP contribution in [-0.2, 0) is 11.3 Å². The second kappa shape index (κ2) is 5.75. The van der Waals surface area contributed by atoms with Crippen molar-refractivity contribution in [2.75, 3.05) is 6.61 Å². The maximum atomic E-state index is 12.0. The Hall–Kier alpha value is -1.33. The Morgan fingerprint density at radius 2 is 2.21 bits per heavy atom. The molecule has 0 unspecified atom stereocenters. The van der Waals surface area contributed by atoms with Gasteiger partial charge in [0.1, 0.15) is 11.5 Å². The van der Waals surface area contributed by atoms with Crippen LogP contribution in [0.3, 0.4) is 0 Å². The fourth-order valence-electron chi connectivity index (χ4n) is 2.51. The third kappa shape index (κ3) is 3.58. The maximum Gasteiger partial charge on any atom is 0.223 e. The van der Waals surface area contributed by atoms with E-state index in [1.165, 1.54) is 0 Å². The number of aliphatic hydroxyl groups is 1. The summed E-state index contributed by atoms with van der Waals surface area (Å²) in [4.78, 5) is 12.0. The van der Waals surface area contributed by atoms with E-state index in [2.05, 4.69) is 5.32 Å². The van der Waals surface area contributed by atoms with Crippen molar-refractivity contribution in [1.82, 2.24) is 5.32 Å². The first-order chi connectivity index (χ1) is 9.02. The van der Waals surface area contributed by atoms with E-state index in [1.54, 1.807) is 0 Å². The Morgan fingerprint density at radius 1 is 1.53 bits per heavy atom. The molecule has 1 aromatic heterocycles. The first kappa shape index (κ1) is 14.1. The fraction of sp³-hybridized carbons (Fsp3) is 0.643. The lowest BCUT2D eigenvalue weighted by atomic mass is 9.77. The van der Waals surface area contributed by atoms with Crippen molar-refractivity contribution in [3.63, 3.8) is 0 Å². The molecule has 0 aliphatic heterocycles. The molecule has 5 nitrogen and oxygen atoms in total. The fourth-order valence-corrected chi connectivity index (χ4v) is 2.51. The number of aliphatic hydroxyl groups excluding tert-OH is 1. The summed E-state index contributed by atoms with van der Waals surface area (Å²) in [6.45, 7) is 2.30. The number of furan rings is 1. The van der Waals surface area contributed by atoms with Crippen molar-refractivity contribution in [3.05, 3.63) is 23.7 Å². The standard InChI is InChI=1S/C14H22N2O3/c1-10-2-3-12(19-10)8-16-13(18)11-4-6-14(15,9-17)7-5-11/h2-3,11,17H,4-9,15H2,1H3,(H,16,18). The SMILES string of the molecule is Cc1ccc(CNC(=O)C2CCC(N)(CO)CC2)o1. The van der Waals surface area contributed by atoms with Gasteiger partial charge in [-0.1, -0.05) is 0 Å². The Labute approximate surface area is 113 Å². The van der Waals surface area contributed by atoms with E-state index in [9.17, 15) is 9.90 Å². The van der Waals surface area contributed by atoms with Gasteiger partial charge in [-0.05, 0) is 44.7 Å². The number of hydrogen-bond acceptors (Lipinski definition) is 4. The Balaban J connectivity index is 1.78. The quantitative estimate of drug-likeness (QED) is 0.761. The van der Waals surface area contributed by atoms with E-state index < -0.39 is 5.54 Å². The second-order valence-electron chi connectivity index (χ2n) is 5.52. The number of nitrogens with two attached hydrogens (primary N) is 1. The van der Waals surface area contributed by atoms with Crippen molar-refractivity contribution in [3.8, 4) is 0 Å². The molecule has 0 saturated heterocycles. The van der Waals surface area contributed by atoms with Crippen LogP contribution in [-0.4, -0.2) is 23.2 Å². The van der Waals surface area contributed by atoms with Crippen LogP contribution in [0.5, 0.6) is 0 Å². The number of rotatable bonds is 4. The van der Waals surface area contributed by atoms with Gasteiger partial charge in [-0.25, -0.2) is 0 Å². The van der Waals surface area contributed by atoms with Crippen molar-refractivity contribution in [2.45, 2.75) is 44.7 Å². The maximum absolute atomic E-state index is 12.0. The van der Waals surface area contributed by atoms with Gasteiger partial charge in [0.25, 0.3) is 0 Å². The van der Waals surface area contributed by atoms with Crippen molar-refractivity contribution >= 4 is 5.91 Å². The molecular formula is C14H22N2O3. The molecule has 0 spiro atoms. The van der Waals surface area contributed by atoms with Crippen LogP contribution in [0.4, 0.5) is 0 Å². The molecule has 0 atom stereocenters. The van der Waals surface area contributed by atoms with Gasteiger partial charge >= 0.3 is 0 Å². The monoisotopic (exact) mass is 266 g/mol. The summed E-state index contributed by atoms with van der Waals surface area (Å²) in [5, 5.41) is 12.1. The van der Waals surface area contributed by atoms with Gasteiger partial charge < -0.3 is 20.6 Å². The molecule has 1 heterocycles. The predicted octanol–water partition coefficient (Wildman–Crippen LogP) is 1.08. The van der Waals surface area contributed by atoms with Crippen LogP contribution < -0.4 is 11.1 Å². The first-order valence-corrected chi connectivity index (χ1v) is 6.75. The van der Waals surface area contributed by atoms with E-state index >= 15 is 0 Å². The predicted molar refractivity (Wildman–Crippen MR) is 71.3 cm³/mol. The largest absolute Gasteiger partial charge is 0.465 e. The minimum Gasteiger partial charge on any atom is -0.465 e. The van der Waals surface area contributed by atoms with Crippen LogP contribution in [0.2, 0.25) is 0 Å². The molecule has 1 saturated carbocycles. The Morgan fingerprint density at radius 3 is 2.74 bits per heavy atom. The molecular weight excluding hydrogens is 244 g/mol. The van der Waals surface area contributed by atoms with E-state index in [1.807, 2.05) is 19.1 Å². The summed E-state index contributed by atoms with van der Waals surface area (Å²) in [7, 11) is 0. The molecule has 1 aliphatic carbocycles. The van der Waals surface area contributed by atoms with Crippen molar-refractivity contribution in [2.24, 2.45) is 11.7 Å². The molecule has 2 rings (SSSR count). The third-order valence-electron chi connectivity index (χ3n) is 3.90. The van der Waals surface area contributed by atoms with Gasteiger partial charge in [-0.15, -0.1) is 0 Å². The first-order valence-electron chi connectivity index (χ1n) is 6.75. The molecule has 0 aromatic carbocycles. The minimum absolute atomic E-state index is 0.000663. The summed E-state index contributed by atoms with van der Waals surface area (Å²) >= 11 is 0. The van der Waals surface area contributed by atoms with Gasteiger partial charge in [-0.2, -0.15) is 0 Å². The van der Waals surface area contributed by atoms with Crippen LogP contribution in [0.1, 0.15) is 37.2 Å². The lowest BCUT2D eigenvalue weighted by molar-refractivity contribution is -0.126. The summed E-state index contributed by atoms with van der Waals surface area (Å²) in [5.74, 6) is 1.66. The smallest absolute Gasteiger partial charge is 0.223 e. The van der Waals surface area contributed by atoms with Gasteiger partial charge in [0.15, 0.2) is 0 Å². The van der Waals surface area contributed by atoms with E-state index in [-0.39, 0.29) is 18.4 Å². The molecule has 1 aromatic rings. The highest BCUT2D eigenvalue weighted by Crippen LogP contribution is 2.30. The minimum atomic E-state index is -0.491.